The molecule has 0 radical (unpaired) electrons. The van der Waals surface area contributed by atoms with Crippen LogP contribution in [0.25, 0.3) is 0 Å². The summed E-state index contributed by atoms with van der Waals surface area (Å²) in [5, 5.41) is 13.3. The zero-order chi connectivity index (χ0) is 16.1. The Morgan fingerprint density at radius 2 is 1.62 bits per heavy atom. The molecule has 1 aromatic carbocycles. The number of hydrogen-bond donors (Lipinski definition) is 2. The maximum absolute atomic E-state index is 13.1. The summed E-state index contributed by atoms with van der Waals surface area (Å²) in [6, 6.07) is 6.83. The second-order valence-electron chi connectivity index (χ2n) is 7.10. The van der Waals surface area contributed by atoms with Crippen molar-refractivity contribution in [3.63, 3.8) is 0 Å². The fourth-order valence-electron chi connectivity index (χ4n) is 2.68. The highest BCUT2D eigenvalue weighted by Gasteiger charge is 2.31. The van der Waals surface area contributed by atoms with Crippen LogP contribution in [0.5, 0.6) is 0 Å². The van der Waals surface area contributed by atoms with Gasteiger partial charge in [0.05, 0.1) is 0 Å². The summed E-state index contributed by atoms with van der Waals surface area (Å²) >= 11 is 0. The smallest absolute Gasteiger partial charge is 0.123 e. The highest BCUT2D eigenvalue weighted by atomic mass is 19.1. The highest BCUT2D eigenvalue weighted by molar-refractivity contribution is 5.21. The van der Waals surface area contributed by atoms with Gasteiger partial charge in [-0.05, 0) is 36.0 Å². The molecule has 2 N–H and O–H groups in total. The molecule has 0 saturated carbocycles. The van der Waals surface area contributed by atoms with Gasteiger partial charge in [0.25, 0.3) is 0 Å². The third kappa shape index (κ3) is 4.79. The predicted octanol–water partition coefficient (Wildman–Crippen LogP) is 4.30. The Morgan fingerprint density at radius 3 is 2.00 bits per heavy atom. The standard InChI is InChI=1S/C18H30FNO/c1-6-18(7-2,13-21)12-20-16(17(3,4)5)14-8-10-15(19)11-9-14/h8-11,16,20-21H,6-7,12-13H2,1-5H3. The van der Waals surface area contributed by atoms with Gasteiger partial charge in [0.1, 0.15) is 5.82 Å². The van der Waals surface area contributed by atoms with Crippen molar-refractivity contribution in [3.05, 3.63) is 35.6 Å². The molecule has 21 heavy (non-hydrogen) atoms. The minimum Gasteiger partial charge on any atom is -0.396 e. The van der Waals surface area contributed by atoms with E-state index in [1.807, 2.05) is 12.1 Å². The molecular weight excluding hydrogens is 265 g/mol. The lowest BCUT2D eigenvalue weighted by molar-refractivity contribution is 0.101. The number of aliphatic hydroxyl groups excluding tert-OH is 1. The zero-order valence-electron chi connectivity index (χ0n) is 14.0. The minimum absolute atomic E-state index is 0.0144. The van der Waals surface area contributed by atoms with E-state index in [2.05, 4.69) is 39.9 Å². The van der Waals surface area contributed by atoms with Gasteiger partial charge in [-0.2, -0.15) is 0 Å². The topological polar surface area (TPSA) is 32.3 Å². The largest absolute Gasteiger partial charge is 0.396 e. The molecule has 1 atom stereocenters. The Morgan fingerprint density at radius 1 is 1.10 bits per heavy atom. The summed E-state index contributed by atoms with van der Waals surface area (Å²) in [6.07, 6.45) is 1.88. The van der Waals surface area contributed by atoms with Gasteiger partial charge >= 0.3 is 0 Å². The van der Waals surface area contributed by atoms with Crippen LogP contribution in [0.1, 0.15) is 59.1 Å². The molecule has 1 rings (SSSR count). The number of nitrogens with one attached hydrogen (secondary N) is 1. The summed E-state index contributed by atoms with van der Waals surface area (Å²) < 4.78 is 13.1. The fraction of sp³-hybridized carbons (Fsp3) is 0.667. The molecule has 0 aromatic heterocycles. The molecule has 0 amide bonds. The van der Waals surface area contributed by atoms with E-state index in [1.54, 1.807) is 0 Å². The van der Waals surface area contributed by atoms with Gasteiger partial charge in [0.2, 0.25) is 0 Å². The van der Waals surface area contributed by atoms with Gasteiger partial charge in [0.15, 0.2) is 0 Å². The van der Waals surface area contributed by atoms with E-state index < -0.39 is 0 Å². The Bertz CT molecular complexity index is 410. The van der Waals surface area contributed by atoms with Gasteiger partial charge in [0, 0.05) is 24.6 Å². The molecule has 120 valence electrons. The molecule has 0 aliphatic heterocycles. The van der Waals surface area contributed by atoms with Crippen molar-refractivity contribution in [2.75, 3.05) is 13.2 Å². The second kappa shape index (κ2) is 7.37. The first-order valence-electron chi connectivity index (χ1n) is 7.87. The van der Waals surface area contributed by atoms with E-state index in [4.69, 9.17) is 0 Å². The third-order valence-corrected chi connectivity index (χ3v) is 4.59. The van der Waals surface area contributed by atoms with Gasteiger partial charge in [-0.15, -0.1) is 0 Å². The number of aliphatic hydroxyl groups is 1. The SMILES string of the molecule is CCC(CC)(CO)CNC(c1ccc(F)cc1)C(C)(C)C. The van der Waals surface area contributed by atoms with Crippen LogP contribution in [0.4, 0.5) is 4.39 Å². The Hall–Kier alpha value is -0.930. The van der Waals surface area contributed by atoms with Crippen molar-refractivity contribution in [3.8, 4) is 0 Å². The van der Waals surface area contributed by atoms with E-state index in [1.165, 1.54) is 12.1 Å². The van der Waals surface area contributed by atoms with Crippen LogP contribution < -0.4 is 5.32 Å². The molecule has 0 fully saturated rings. The Labute approximate surface area is 128 Å². The molecule has 1 unspecified atom stereocenters. The summed E-state index contributed by atoms with van der Waals surface area (Å²) in [6.45, 7) is 11.7. The van der Waals surface area contributed by atoms with Gasteiger partial charge < -0.3 is 10.4 Å². The first kappa shape index (κ1) is 18.1. The summed E-state index contributed by atoms with van der Waals surface area (Å²) in [7, 11) is 0. The van der Waals surface area contributed by atoms with Gasteiger partial charge in [-0.1, -0.05) is 46.8 Å². The molecule has 1 aromatic rings. The highest BCUT2D eigenvalue weighted by Crippen LogP contribution is 2.34. The van der Waals surface area contributed by atoms with E-state index in [9.17, 15) is 9.50 Å². The summed E-state index contributed by atoms with van der Waals surface area (Å²) in [4.78, 5) is 0. The average Bonchev–Trinajstić information content (AvgIpc) is 2.45. The van der Waals surface area contributed by atoms with Crippen LogP contribution in [0.2, 0.25) is 0 Å². The lowest BCUT2D eigenvalue weighted by Gasteiger charge is -2.37. The first-order valence-corrected chi connectivity index (χ1v) is 7.87. The molecule has 2 nitrogen and oxygen atoms in total. The van der Waals surface area contributed by atoms with E-state index >= 15 is 0 Å². The lowest BCUT2D eigenvalue weighted by Crippen LogP contribution is -2.42. The van der Waals surface area contributed by atoms with Crippen molar-refractivity contribution in [2.24, 2.45) is 10.8 Å². The second-order valence-corrected chi connectivity index (χ2v) is 7.10. The zero-order valence-corrected chi connectivity index (χ0v) is 14.0. The average molecular weight is 295 g/mol. The fourth-order valence-corrected chi connectivity index (χ4v) is 2.68. The van der Waals surface area contributed by atoms with Crippen LogP contribution in [-0.2, 0) is 0 Å². The summed E-state index contributed by atoms with van der Waals surface area (Å²) in [5.41, 5.74) is 1.02. The van der Waals surface area contributed by atoms with Crippen molar-refractivity contribution >= 4 is 0 Å². The summed E-state index contributed by atoms with van der Waals surface area (Å²) in [5.74, 6) is -0.210. The number of hydrogen-bond acceptors (Lipinski definition) is 2. The lowest BCUT2D eigenvalue weighted by atomic mass is 9.79. The number of benzene rings is 1. The van der Waals surface area contributed by atoms with Crippen molar-refractivity contribution < 1.29 is 9.50 Å². The van der Waals surface area contributed by atoms with Crippen LogP contribution in [0.15, 0.2) is 24.3 Å². The quantitative estimate of drug-likeness (QED) is 0.786. The molecule has 0 aliphatic carbocycles. The molecule has 3 heteroatoms. The van der Waals surface area contributed by atoms with Crippen molar-refractivity contribution in [1.29, 1.82) is 0 Å². The minimum atomic E-state index is -0.210. The van der Waals surface area contributed by atoms with E-state index in [-0.39, 0.29) is 29.3 Å². The molecule has 0 bridgehead atoms. The van der Waals surface area contributed by atoms with Crippen LogP contribution in [0.3, 0.4) is 0 Å². The Balaban J connectivity index is 2.93. The monoisotopic (exact) mass is 295 g/mol. The van der Waals surface area contributed by atoms with Crippen LogP contribution in [0, 0.1) is 16.6 Å². The van der Waals surface area contributed by atoms with Gasteiger partial charge in [-0.3, -0.25) is 0 Å². The van der Waals surface area contributed by atoms with Crippen molar-refractivity contribution in [1.82, 2.24) is 5.32 Å². The number of halogens is 1. The van der Waals surface area contributed by atoms with Gasteiger partial charge in [-0.25, -0.2) is 4.39 Å². The van der Waals surface area contributed by atoms with E-state index in [0.717, 1.165) is 24.9 Å². The normalized spacial score (nSPS) is 14.2. The third-order valence-electron chi connectivity index (χ3n) is 4.59. The molecule has 0 heterocycles. The first-order chi connectivity index (χ1) is 9.78. The predicted molar refractivity (Wildman–Crippen MR) is 86.7 cm³/mol. The van der Waals surface area contributed by atoms with E-state index in [0.29, 0.717) is 0 Å². The molecule has 0 aliphatic rings. The maximum Gasteiger partial charge on any atom is 0.123 e. The maximum atomic E-state index is 13.1. The molecular formula is C18H30FNO. The molecule has 0 spiro atoms. The number of rotatable bonds is 7. The molecule has 0 saturated heterocycles. The van der Waals surface area contributed by atoms with Crippen molar-refractivity contribution in [2.45, 2.75) is 53.5 Å². The Kier molecular flexibility index (Phi) is 6.36. The van der Waals surface area contributed by atoms with Crippen LogP contribution in [-0.4, -0.2) is 18.3 Å². The van der Waals surface area contributed by atoms with Crippen LogP contribution >= 0.6 is 0 Å².